The first kappa shape index (κ1) is 13.8. The van der Waals surface area contributed by atoms with E-state index in [4.69, 9.17) is 0 Å². The van der Waals surface area contributed by atoms with Gasteiger partial charge < -0.3 is 4.90 Å². The Bertz CT molecular complexity index is 535. The normalized spacial score (nSPS) is 29.7. The first-order valence-electron chi connectivity index (χ1n) is 7.81. The van der Waals surface area contributed by atoms with Gasteiger partial charge in [0.05, 0.1) is 0 Å². The van der Waals surface area contributed by atoms with Crippen LogP contribution in [0.5, 0.6) is 0 Å². The topological polar surface area (TPSA) is 20.3 Å². The molecule has 0 saturated carbocycles. The summed E-state index contributed by atoms with van der Waals surface area (Å²) in [4.78, 5) is 15.4. The molecule has 20 heavy (non-hydrogen) atoms. The molecule has 0 radical (unpaired) electrons. The van der Waals surface area contributed by atoms with Gasteiger partial charge in [-0.05, 0) is 76.3 Å². The summed E-state index contributed by atoms with van der Waals surface area (Å²) in [6.07, 6.45) is 4.66. The van der Waals surface area contributed by atoms with Crippen molar-refractivity contribution in [3.63, 3.8) is 0 Å². The van der Waals surface area contributed by atoms with Gasteiger partial charge in [-0.15, -0.1) is 0 Å². The third-order valence-corrected chi connectivity index (χ3v) is 5.58. The van der Waals surface area contributed by atoms with Crippen LogP contribution >= 0.6 is 0 Å². The zero-order valence-electron chi connectivity index (χ0n) is 13.1. The van der Waals surface area contributed by atoms with Crippen molar-refractivity contribution in [1.82, 2.24) is 4.90 Å². The number of fused-ring (bicyclic) bond motifs is 2. The third kappa shape index (κ3) is 2.20. The summed E-state index contributed by atoms with van der Waals surface area (Å²) < 4.78 is 0. The van der Waals surface area contributed by atoms with Crippen molar-refractivity contribution < 1.29 is 4.79 Å². The maximum Gasteiger partial charge on any atom is 0.166 e. The van der Waals surface area contributed by atoms with E-state index < -0.39 is 0 Å². The summed E-state index contributed by atoms with van der Waals surface area (Å²) in [5.74, 6) is 0.625. The minimum Gasteiger partial charge on any atom is -0.300 e. The Morgan fingerprint density at radius 3 is 2.15 bits per heavy atom. The highest BCUT2D eigenvalue weighted by Crippen LogP contribution is 2.39. The number of carbonyl (C=O) groups is 1. The highest BCUT2D eigenvalue weighted by Gasteiger charge is 2.41. The van der Waals surface area contributed by atoms with Gasteiger partial charge in [-0.2, -0.15) is 0 Å². The van der Waals surface area contributed by atoms with Crippen molar-refractivity contribution >= 4 is 5.78 Å². The molecule has 2 saturated heterocycles. The molecule has 2 heterocycles. The lowest BCUT2D eigenvalue weighted by molar-refractivity contribution is 0.0766. The molecule has 2 bridgehead atoms. The Morgan fingerprint density at radius 1 is 1.00 bits per heavy atom. The largest absolute Gasteiger partial charge is 0.300 e. The van der Waals surface area contributed by atoms with Crippen LogP contribution in [-0.2, 0) is 0 Å². The third-order valence-electron chi connectivity index (χ3n) is 5.58. The molecular formula is C18H25NO. The zero-order valence-corrected chi connectivity index (χ0v) is 13.1. The monoisotopic (exact) mass is 271 g/mol. The van der Waals surface area contributed by atoms with Crippen LogP contribution in [0, 0.1) is 26.7 Å². The number of rotatable bonds is 2. The number of nitrogens with zero attached hydrogens (tertiary/aromatic N) is 1. The van der Waals surface area contributed by atoms with E-state index in [0.29, 0.717) is 17.9 Å². The van der Waals surface area contributed by atoms with Crippen molar-refractivity contribution in [2.24, 2.45) is 5.92 Å². The van der Waals surface area contributed by atoms with Crippen LogP contribution in [0.2, 0.25) is 0 Å². The zero-order chi connectivity index (χ0) is 14.4. The van der Waals surface area contributed by atoms with Gasteiger partial charge in [0.1, 0.15) is 0 Å². The summed E-state index contributed by atoms with van der Waals surface area (Å²) in [5.41, 5.74) is 4.61. The number of hydrogen-bond acceptors (Lipinski definition) is 2. The molecule has 2 fully saturated rings. The van der Waals surface area contributed by atoms with Crippen LogP contribution < -0.4 is 0 Å². The minimum absolute atomic E-state index is 0.240. The van der Waals surface area contributed by atoms with Gasteiger partial charge in [-0.25, -0.2) is 0 Å². The SMILES string of the molecule is Cc1cc(C)c(C(=O)C2CC3CCC(C2)N3C)cc1C. The van der Waals surface area contributed by atoms with Crippen molar-refractivity contribution in [3.05, 3.63) is 34.4 Å². The Hall–Kier alpha value is -1.15. The van der Waals surface area contributed by atoms with Gasteiger partial charge in [-0.3, -0.25) is 4.79 Å². The number of Topliss-reactive ketones (excluding diaryl/α,β-unsaturated/α-hetero) is 1. The summed E-state index contributed by atoms with van der Waals surface area (Å²) >= 11 is 0. The molecule has 2 aliphatic heterocycles. The standard InChI is InChI=1S/C18H25NO/c1-11-7-13(3)17(8-12(11)2)18(20)14-9-15-5-6-16(10-14)19(15)4/h7-8,14-16H,5-6,9-10H2,1-4H3. The molecule has 0 spiro atoms. The van der Waals surface area contributed by atoms with E-state index in [-0.39, 0.29) is 5.92 Å². The summed E-state index contributed by atoms with van der Waals surface area (Å²) in [7, 11) is 2.23. The fourth-order valence-corrected chi connectivity index (χ4v) is 4.07. The first-order valence-corrected chi connectivity index (χ1v) is 7.81. The Labute approximate surface area is 122 Å². The van der Waals surface area contributed by atoms with Gasteiger partial charge in [0.25, 0.3) is 0 Å². The maximum absolute atomic E-state index is 12.9. The highest BCUT2D eigenvalue weighted by atomic mass is 16.1. The Morgan fingerprint density at radius 2 is 1.55 bits per heavy atom. The lowest BCUT2D eigenvalue weighted by atomic mass is 9.83. The van der Waals surface area contributed by atoms with E-state index >= 15 is 0 Å². The van der Waals surface area contributed by atoms with Crippen LogP contribution in [0.1, 0.15) is 52.7 Å². The quantitative estimate of drug-likeness (QED) is 0.765. The van der Waals surface area contributed by atoms with Crippen molar-refractivity contribution in [1.29, 1.82) is 0 Å². The van der Waals surface area contributed by atoms with Crippen LogP contribution in [-0.4, -0.2) is 29.8 Å². The molecule has 108 valence electrons. The molecule has 0 aliphatic carbocycles. The molecule has 0 amide bonds. The Balaban J connectivity index is 1.85. The number of benzene rings is 1. The van der Waals surface area contributed by atoms with E-state index in [2.05, 4.69) is 44.9 Å². The molecule has 2 nitrogen and oxygen atoms in total. The molecule has 2 aliphatic rings. The maximum atomic E-state index is 12.9. The summed E-state index contributed by atoms with van der Waals surface area (Å²) in [5, 5.41) is 0. The predicted octanol–water partition coefficient (Wildman–Crippen LogP) is 3.67. The van der Waals surface area contributed by atoms with E-state index in [0.717, 1.165) is 24.0 Å². The average Bonchev–Trinajstić information content (AvgIpc) is 2.65. The average molecular weight is 271 g/mol. The lowest BCUT2D eigenvalue weighted by Gasteiger charge is -2.35. The van der Waals surface area contributed by atoms with Crippen molar-refractivity contribution in [2.75, 3.05) is 7.05 Å². The molecule has 2 heteroatoms. The van der Waals surface area contributed by atoms with Crippen LogP contribution in [0.3, 0.4) is 0 Å². The molecule has 3 rings (SSSR count). The van der Waals surface area contributed by atoms with Crippen molar-refractivity contribution in [2.45, 2.75) is 58.5 Å². The van der Waals surface area contributed by atoms with Gasteiger partial charge in [-0.1, -0.05) is 6.07 Å². The van der Waals surface area contributed by atoms with Gasteiger partial charge in [0, 0.05) is 23.6 Å². The van der Waals surface area contributed by atoms with E-state index in [1.807, 2.05) is 0 Å². The fraction of sp³-hybridized carbons (Fsp3) is 0.611. The molecular weight excluding hydrogens is 246 g/mol. The van der Waals surface area contributed by atoms with Crippen LogP contribution in [0.25, 0.3) is 0 Å². The second kappa shape index (κ2) is 5.00. The number of aryl methyl sites for hydroxylation is 3. The Kier molecular flexibility index (Phi) is 3.45. The van der Waals surface area contributed by atoms with E-state index in [1.165, 1.54) is 24.0 Å². The molecule has 1 aromatic carbocycles. The van der Waals surface area contributed by atoms with Gasteiger partial charge >= 0.3 is 0 Å². The molecule has 2 atom stereocenters. The number of piperidine rings is 1. The summed E-state index contributed by atoms with van der Waals surface area (Å²) in [6.45, 7) is 6.29. The van der Waals surface area contributed by atoms with Crippen LogP contribution in [0.15, 0.2) is 12.1 Å². The van der Waals surface area contributed by atoms with Gasteiger partial charge in [0.15, 0.2) is 5.78 Å². The number of hydrogen-bond donors (Lipinski definition) is 0. The van der Waals surface area contributed by atoms with E-state index in [9.17, 15) is 4.79 Å². The van der Waals surface area contributed by atoms with Gasteiger partial charge in [0.2, 0.25) is 0 Å². The van der Waals surface area contributed by atoms with Crippen molar-refractivity contribution in [3.8, 4) is 0 Å². The lowest BCUT2D eigenvalue weighted by Crippen LogP contribution is -2.42. The molecule has 0 aromatic heterocycles. The second-order valence-electron chi connectivity index (χ2n) is 6.83. The summed E-state index contributed by atoms with van der Waals surface area (Å²) in [6, 6.07) is 5.53. The van der Waals surface area contributed by atoms with E-state index in [1.54, 1.807) is 0 Å². The molecule has 0 N–H and O–H groups in total. The van der Waals surface area contributed by atoms with Crippen LogP contribution in [0.4, 0.5) is 0 Å². The smallest absolute Gasteiger partial charge is 0.166 e. The number of ketones is 1. The fourth-order valence-electron chi connectivity index (χ4n) is 4.07. The predicted molar refractivity (Wildman–Crippen MR) is 82.3 cm³/mol. The number of carbonyl (C=O) groups excluding carboxylic acids is 1. The first-order chi connectivity index (χ1) is 9.47. The molecule has 1 aromatic rings. The minimum atomic E-state index is 0.240. The molecule has 2 unspecified atom stereocenters. The second-order valence-corrected chi connectivity index (χ2v) is 6.83. The highest BCUT2D eigenvalue weighted by molar-refractivity contribution is 5.99.